The molecule has 1 N–H and O–H groups in total. The van der Waals surface area contributed by atoms with Gasteiger partial charge in [-0.1, -0.05) is 48.3 Å². The highest BCUT2D eigenvalue weighted by atomic mass is 35.5. The zero-order valence-corrected chi connectivity index (χ0v) is 13.6. The van der Waals surface area contributed by atoms with Crippen LogP contribution in [0.2, 0.25) is 10.0 Å². The van der Waals surface area contributed by atoms with E-state index in [0.717, 1.165) is 12.1 Å². The third kappa shape index (κ3) is 3.26. The first-order valence-electron chi connectivity index (χ1n) is 7.48. The number of nitrogens with one attached hydrogen (secondary N) is 1. The Morgan fingerprint density at radius 2 is 1.67 bits per heavy atom. The minimum Gasteiger partial charge on any atom is -0.307 e. The van der Waals surface area contributed by atoms with Gasteiger partial charge in [-0.2, -0.15) is 0 Å². The van der Waals surface area contributed by atoms with Crippen LogP contribution in [0.1, 0.15) is 41.6 Å². The van der Waals surface area contributed by atoms with E-state index in [2.05, 4.69) is 30.4 Å². The van der Waals surface area contributed by atoms with Crippen LogP contribution < -0.4 is 5.32 Å². The van der Waals surface area contributed by atoms with Crippen LogP contribution >= 0.6 is 23.2 Å². The standard InChI is InChI=1S/C18H19Cl2N/c1-2-21-18(15-9-16(19)11-17(20)10-15)14-7-6-12-4-3-5-13(12)8-14/h6-11,18,21H,2-5H2,1H3. The maximum absolute atomic E-state index is 6.16. The molecule has 2 aromatic carbocycles. The van der Waals surface area contributed by atoms with E-state index < -0.39 is 0 Å². The van der Waals surface area contributed by atoms with Crippen molar-refractivity contribution in [1.82, 2.24) is 5.32 Å². The van der Waals surface area contributed by atoms with Gasteiger partial charge in [-0.15, -0.1) is 0 Å². The molecule has 1 nitrogen and oxygen atoms in total. The topological polar surface area (TPSA) is 12.0 Å². The summed E-state index contributed by atoms with van der Waals surface area (Å²) in [7, 11) is 0. The molecule has 1 aliphatic carbocycles. The summed E-state index contributed by atoms with van der Waals surface area (Å²) in [6, 6.07) is 12.7. The van der Waals surface area contributed by atoms with Crippen molar-refractivity contribution in [2.75, 3.05) is 6.54 Å². The second-order valence-electron chi connectivity index (χ2n) is 5.58. The third-order valence-electron chi connectivity index (χ3n) is 4.08. The number of rotatable bonds is 4. The van der Waals surface area contributed by atoms with Crippen LogP contribution in [0.15, 0.2) is 36.4 Å². The first kappa shape index (κ1) is 14.9. The molecule has 1 unspecified atom stereocenters. The first-order chi connectivity index (χ1) is 10.2. The monoisotopic (exact) mass is 319 g/mol. The highest BCUT2D eigenvalue weighted by Crippen LogP contribution is 2.31. The summed E-state index contributed by atoms with van der Waals surface area (Å²) in [5.41, 5.74) is 5.39. The first-order valence-corrected chi connectivity index (χ1v) is 8.24. The lowest BCUT2D eigenvalue weighted by Crippen LogP contribution is -2.22. The SMILES string of the molecule is CCNC(c1cc(Cl)cc(Cl)c1)c1ccc2c(c1)CCC2. The molecule has 1 aliphatic rings. The van der Waals surface area contributed by atoms with Crippen LogP contribution in [0.25, 0.3) is 0 Å². The molecule has 0 saturated heterocycles. The molecule has 110 valence electrons. The summed E-state index contributed by atoms with van der Waals surface area (Å²) in [5, 5.41) is 4.91. The zero-order chi connectivity index (χ0) is 14.8. The Morgan fingerprint density at radius 1 is 0.952 bits per heavy atom. The normalized spacial score (nSPS) is 15.0. The minimum absolute atomic E-state index is 0.136. The minimum atomic E-state index is 0.136. The van der Waals surface area contributed by atoms with Gasteiger partial charge in [-0.25, -0.2) is 0 Å². The molecular weight excluding hydrogens is 301 g/mol. The zero-order valence-electron chi connectivity index (χ0n) is 12.1. The van der Waals surface area contributed by atoms with Crippen LogP contribution in [0.3, 0.4) is 0 Å². The van der Waals surface area contributed by atoms with Gasteiger partial charge in [0.15, 0.2) is 0 Å². The Morgan fingerprint density at radius 3 is 2.38 bits per heavy atom. The lowest BCUT2D eigenvalue weighted by atomic mass is 9.95. The summed E-state index contributed by atoms with van der Waals surface area (Å²) >= 11 is 12.3. The van der Waals surface area contributed by atoms with E-state index in [1.807, 2.05) is 12.1 Å². The van der Waals surface area contributed by atoms with Crippen molar-refractivity contribution >= 4 is 23.2 Å². The number of fused-ring (bicyclic) bond motifs is 1. The summed E-state index contributed by atoms with van der Waals surface area (Å²) in [5.74, 6) is 0. The van der Waals surface area contributed by atoms with Crippen molar-refractivity contribution in [2.24, 2.45) is 0 Å². The Bertz CT molecular complexity index is 631. The largest absolute Gasteiger partial charge is 0.307 e. The fraction of sp³-hybridized carbons (Fsp3) is 0.333. The molecule has 2 aromatic rings. The maximum atomic E-state index is 6.16. The number of halogens is 2. The molecule has 21 heavy (non-hydrogen) atoms. The molecular formula is C18H19Cl2N. The molecule has 0 saturated carbocycles. The van der Waals surface area contributed by atoms with Crippen LogP contribution in [0, 0.1) is 0 Å². The predicted molar refractivity (Wildman–Crippen MR) is 90.4 cm³/mol. The molecule has 0 radical (unpaired) electrons. The smallest absolute Gasteiger partial charge is 0.0577 e. The van der Waals surface area contributed by atoms with Gasteiger partial charge in [0.1, 0.15) is 0 Å². The Hall–Kier alpha value is -1.02. The molecule has 0 bridgehead atoms. The van der Waals surface area contributed by atoms with Gasteiger partial charge >= 0.3 is 0 Å². The van der Waals surface area contributed by atoms with E-state index >= 15 is 0 Å². The molecule has 0 amide bonds. The average molecular weight is 320 g/mol. The number of hydrogen-bond acceptors (Lipinski definition) is 1. The highest BCUT2D eigenvalue weighted by molar-refractivity contribution is 6.34. The van der Waals surface area contributed by atoms with Gasteiger partial charge in [0.25, 0.3) is 0 Å². The van der Waals surface area contributed by atoms with Gasteiger partial charge in [0.2, 0.25) is 0 Å². The molecule has 3 heteroatoms. The van der Waals surface area contributed by atoms with Gasteiger partial charge < -0.3 is 5.32 Å². The number of benzene rings is 2. The molecule has 0 fully saturated rings. The van der Waals surface area contributed by atoms with E-state index in [-0.39, 0.29) is 6.04 Å². The van der Waals surface area contributed by atoms with Gasteiger partial charge in [-0.05, 0) is 66.3 Å². The lowest BCUT2D eigenvalue weighted by molar-refractivity contribution is 0.630. The van der Waals surface area contributed by atoms with Crippen molar-refractivity contribution < 1.29 is 0 Å². The van der Waals surface area contributed by atoms with Gasteiger partial charge in [0, 0.05) is 10.0 Å². The lowest BCUT2D eigenvalue weighted by Gasteiger charge is -2.20. The fourth-order valence-electron chi connectivity index (χ4n) is 3.15. The Balaban J connectivity index is 2.01. The van der Waals surface area contributed by atoms with E-state index in [0.29, 0.717) is 10.0 Å². The van der Waals surface area contributed by atoms with Gasteiger partial charge in [-0.3, -0.25) is 0 Å². The van der Waals surface area contributed by atoms with Crippen LogP contribution in [-0.4, -0.2) is 6.54 Å². The predicted octanol–water partition coefficient (Wildman–Crippen LogP) is 5.18. The molecule has 1 atom stereocenters. The van der Waals surface area contributed by atoms with Crippen LogP contribution in [0.4, 0.5) is 0 Å². The van der Waals surface area contributed by atoms with Crippen LogP contribution in [0.5, 0.6) is 0 Å². The third-order valence-corrected chi connectivity index (χ3v) is 4.52. The Labute approximate surface area is 136 Å². The second kappa shape index (κ2) is 6.39. The second-order valence-corrected chi connectivity index (χ2v) is 6.45. The number of hydrogen-bond donors (Lipinski definition) is 1. The van der Waals surface area contributed by atoms with Gasteiger partial charge in [0.05, 0.1) is 6.04 Å². The van der Waals surface area contributed by atoms with E-state index in [9.17, 15) is 0 Å². The summed E-state index contributed by atoms with van der Waals surface area (Å²) < 4.78 is 0. The summed E-state index contributed by atoms with van der Waals surface area (Å²) in [6.45, 7) is 3.01. The van der Waals surface area contributed by atoms with Crippen molar-refractivity contribution in [3.63, 3.8) is 0 Å². The van der Waals surface area contributed by atoms with Crippen molar-refractivity contribution in [3.8, 4) is 0 Å². The molecule has 3 rings (SSSR count). The van der Waals surface area contributed by atoms with E-state index in [1.54, 1.807) is 6.07 Å². The summed E-state index contributed by atoms with van der Waals surface area (Å²) in [6.07, 6.45) is 3.68. The van der Waals surface area contributed by atoms with Crippen molar-refractivity contribution in [2.45, 2.75) is 32.2 Å². The highest BCUT2D eigenvalue weighted by Gasteiger charge is 2.17. The molecule has 0 spiro atoms. The van der Waals surface area contributed by atoms with E-state index in [4.69, 9.17) is 23.2 Å². The average Bonchev–Trinajstić information content (AvgIpc) is 2.91. The molecule has 0 aromatic heterocycles. The van der Waals surface area contributed by atoms with Crippen LogP contribution in [-0.2, 0) is 12.8 Å². The molecule has 0 aliphatic heterocycles. The maximum Gasteiger partial charge on any atom is 0.0577 e. The van der Waals surface area contributed by atoms with Crippen molar-refractivity contribution in [3.05, 3.63) is 68.7 Å². The fourth-order valence-corrected chi connectivity index (χ4v) is 3.69. The van der Waals surface area contributed by atoms with E-state index in [1.165, 1.54) is 36.0 Å². The summed E-state index contributed by atoms with van der Waals surface area (Å²) in [4.78, 5) is 0. The molecule has 0 heterocycles. The Kier molecular flexibility index (Phi) is 4.54. The quantitative estimate of drug-likeness (QED) is 0.818. The number of aryl methyl sites for hydroxylation is 2. The van der Waals surface area contributed by atoms with Crippen molar-refractivity contribution in [1.29, 1.82) is 0 Å².